The maximum absolute atomic E-state index is 2.48. The lowest BCUT2D eigenvalue weighted by atomic mass is 9.71. The third-order valence-electron chi connectivity index (χ3n) is 5.58. The molecule has 2 atom stereocenters. The largest absolute Gasteiger partial charge is 0.0882 e. The summed E-state index contributed by atoms with van der Waals surface area (Å²) in [6.45, 7) is 12.4. The molecule has 0 N–H and O–H groups in total. The van der Waals surface area contributed by atoms with Crippen LogP contribution in [0.3, 0.4) is 0 Å². The van der Waals surface area contributed by atoms with E-state index in [0.717, 1.165) is 17.8 Å². The zero-order chi connectivity index (χ0) is 10.6. The number of rotatable bonds is 0. The van der Waals surface area contributed by atoms with Gasteiger partial charge in [0.05, 0.1) is 0 Å². The predicted molar refractivity (Wildman–Crippen MR) is 62.1 cm³/mol. The van der Waals surface area contributed by atoms with Gasteiger partial charge in [-0.05, 0) is 41.4 Å². The third kappa shape index (κ3) is 1.12. The lowest BCUT2D eigenvalue weighted by Crippen LogP contribution is -2.27. The van der Waals surface area contributed by atoms with Crippen LogP contribution >= 0.6 is 0 Å². The van der Waals surface area contributed by atoms with E-state index in [0.29, 0.717) is 10.8 Å². The summed E-state index contributed by atoms with van der Waals surface area (Å²) in [6.07, 6.45) is 7.42. The molecule has 1 saturated carbocycles. The molecule has 0 saturated heterocycles. The molecule has 80 valence electrons. The maximum atomic E-state index is 2.48. The highest BCUT2D eigenvalue weighted by Gasteiger charge is 2.56. The maximum Gasteiger partial charge on any atom is -0.0289 e. The molecule has 2 rings (SSSR count). The van der Waals surface area contributed by atoms with Crippen molar-refractivity contribution in [3.05, 3.63) is 12.2 Å². The molecule has 0 aliphatic heterocycles. The Bertz CT molecular complexity index is 231. The minimum Gasteiger partial charge on any atom is -0.0882 e. The predicted octanol–water partition coefficient (Wildman–Crippen LogP) is 4.27. The second-order valence-electron chi connectivity index (χ2n) is 6.52. The van der Waals surface area contributed by atoms with E-state index in [9.17, 15) is 0 Å². The molecule has 0 nitrogen and oxygen atoms in total. The van der Waals surface area contributed by atoms with E-state index < -0.39 is 0 Å². The van der Waals surface area contributed by atoms with Gasteiger partial charge in [-0.25, -0.2) is 0 Å². The number of hydrogen-bond donors (Lipinski definition) is 0. The van der Waals surface area contributed by atoms with E-state index in [1.807, 2.05) is 0 Å². The van der Waals surface area contributed by atoms with Crippen LogP contribution in [0, 0.1) is 28.6 Å². The van der Waals surface area contributed by atoms with Gasteiger partial charge in [0.15, 0.2) is 0 Å². The molecule has 0 aromatic heterocycles. The summed E-state index contributed by atoms with van der Waals surface area (Å²) in [7, 11) is 0. The standard InChI is InChI=1S/C14H24/c1-10-13(2,3)11-8-6-7-9-12(11)14(10,4)5/h6-7,10-12H,8-9H2,1-5H3. The van der Waals surface area contributed by atoms with Crippen molar-refractivity contribution in [2.45, 2.75) is 47.5 Å². The Morgan fingerprint density at radius 3 is 1.57 bits per heavy atom. The van der Waals surface area contributed by atoms with Crippen LogP contribution in [-0.4, -0.2) is 0 Å². The number of fused-ring (bicyclic) bond motifs is 1. The highest BCUT2D eigenvalue weighted by Crippen LogP contribution is 2.63. The SMILES string of the molecule is CC1C(C)(C)C2CC=CCC2C1(C)C. The molecule has 2 unspecified atom stereocenters. The molecular formula is C14H24. The third-order valence-corrected chi connectivity index (χ3v) is 5.58. The van der Waals surface area contributed by atoms with E-state index in [1.165, 1.54) is 12.8 Å². The molecule has 0 spiro atoms. The summed E-state index contributed by atoms with van der Waals surface area (Å²) >= 11 is 0. The van der Waals surface area contributed by atoms with Crippen molar-refractivity contribution in [2.75, 3.05) is 0 Å². The van der Waals surface area contributed by atoms with Crippen LogP contribution < -0.4 is 0 Å². The molecule has 0 aromatic rings. The first-order chi connectivity index (χ1) is 6.38. The fraction of sp³-hybridized carbons (Fsp3) is 0.857. The van der Waals surface area contributed by atoms with E-state index in [1.54, 1.807) is 0 Å². The van der Waals surface area contributed by atoms with Gasteiger partial charge in [0.2, 0.25) is 0 Å². The summed E-state index contributed by atoms with van der Waals surface area (Å²) in [5.41, 5.74) is 1.05. The zero-order valence-corrected chi connectivity index (χ0v) is 10.3. The molecule has 1 fully saturated rings. The molecular weight excluding hydrogens is 168 g/mol. The van der Waals surface area contributed by atoms with Crippen LogP contribution in [0.25, 0.3) is 0 Å². The minimum absolute atomic E-state index is 0.527. The summed E-state index contributed by atoms with van der Waals surface area (Å²) in [6, 6.07) is 0. The van der Waals surface area contributed by atoms with Crippen LogP contribution in [0.2, 0.25) is 0 Å². The van der Waals surface area contributed by atoms with Crippen LogP contribution in [0.5, 0.6) is 0 Å². The molecule has 0 heterocycles. The van der Waals surface area contributed by atoms with Crippen molar-refractivity contribution >= 4 is 0 Å². The smallest absolute Gasteiger partial charge is 0.0289 e. The topological polar surface area (TPSA) is 0 Å². The van der Waals surface area contributed by atoms with Gasteiger partial charge in [0, 0.05) is 0 Å². The van der Waals surface area contributed by atoms with Crippen LogP contribution in [-0.2, 0) is 0 Å². The van der Waals surface area contributed by atoms with Crippen molar-refractivity contribution in [3.8, 4) is 0 Å². The van der Waals surface area contributed by atoms with Crippen molar-refractivity contribution in [1.29, 1.82) is 0 Å². The Hall–Kier alpha value is -0.260. The molecule has 0 radical (unpaired) electrons. The van der Waals surface area contributed by atoms with Crippen molar-refractivity contribution in [3.63, 3.8) is 0 Å². The lowest BCUT2D eigenvalue weighted by molar-refractivity contribution is 0.152. The normalized spacial score (nSPS) is 43.6. The molecule has 0 heteroatoms. The first kappa shape index (κ1) is 10.3. The average Bonchev–Trinajstić information content (AvgIpc) is 2.28. The molecule has 0 bridgehead atoms. The Morgan fingerprint density at radius 2 is 1.21 bits per heavy atom. The molecule has 0 aromatic carbocycles. The summed E-state index contributed by atoms with van der Waals surface area (Å²) < 4.78 is 0. The molecule has 2 aliphatic rings. The summed E-state index contributed by atoms with van der Waals surface area (Å²) in [5.74, 6) is 2.67. The molecule has 2 aliphatic carbocycles. The van der Waals surface area contributed by atoms with Crippen LogP contribution in [0.4, 0.5) is 0 Å². The van der Waals surface area contributed by atoms with E-state index in [4.69, 9.17) is 0 Å². The fourth-order valence-corrected chi connectivity index (χ4v) is 4.06. The van der Waals surface area contributed by atoms with Crippen LogP contribution in [0.1, 0.15) is 47.5 Å². The highest BCUT2D eigenvalue weighted by atomic mass is 14.6. The van der Waals surface area contributed by atoms with E-state index >= 15 is 0 Å². The quantitative estimate of drug-likeness (QED) is 0.503. The monoisotopic (exact) mass is 192 g/mol. The lowest BCUT2D eigenvalue weighted by Gasteiger charge is -2.34. The van der Waals surface area contributed by atoms with Gasteiger partial charge < -0.3 is 0 Å². The first-order valence-corrected chi connectivity index (χ1v) is 6.03. The highest BCUT2D eigenvalue weighted by molar-refractivity contribution is 5.11. The van der Waals surface area contributed by atoms with Gasteiger partial charge in [0.1, 0.15) is 0 Å². The number of allylic oxidation sites excluding steroid dienone is 2. The Labute approximate surface area is 88.8 Å². The fourth-order valence-electron chi connectivity index (χ4n) is 4.06. The Kier molecular flexibility index (Phi) is 2.10. The van der Waals surface area contributed by atoms with Crippen molar-refractivity contribution in [1.82, 2.24) is 0 Å². The van der Waals surface area contributed by atoms with E-state index in [2.05, 4.69) is 46.8 Å². The molecule has 14 heavy (non-hydrogen) atoms. The Balaban J connectivity index is 2.39. The van der Waals surface area contributed by atoms with Crippen molar-refractivity contribution in [2.24, 2.45) is 28.6 Å². The van der Waals surface area contributed by atoms with Gasteiger partial charge in [-0.15, -0.1) is 0 Å². The first-order valence-electron chi connectivity index (χ1n) is 6.03. The minimum atomic E-state index is 0.527. The van der Waals surface area contributed by atoms with Gasteiger partial charge in [0.25, 0.3) is 0 Å². The second kappa shape index (κ2) is 2.87. The van der Waals surface area contributed by atoms with Crippen LogP contribution in [0.15, 0.2) is 12.2 Å². The zero-order valence-electron chi connectivity index (χ0n) is 10.3. The van der Waals surface area contributed by atoms with Gasteiger partial charge >= 0.3 is 0 Å². The number of hydrogen-bond acceptors (Lipinski definition) is 0. The summed E-state index contributed by atoms with van der Waals surface area (Å²) in [5, 5.41) is 0. The molecule has 0 amide bonds. The van der Waals surface area contributed by atoms with E-state index in [-0.39, 0.29) is 0 Å². The van der Waals surface area contributed by atoms with Gasteiger partial charge in [-0.3, -0.25) is 0 Å². The van der Waals surface area contributed by atoms with Crippen molar-refractivity contribution < 1.29 is 0 Å². The Morgan fingerprint density at radius 1 is 0.857 bits per heavy atom. The second-order valence-corrected chi connectivity index (χ2v) is 6.52. The average molecular weight is 192 g/mol. The van der Waals surface area contributed by atoms with Gasteiger partial charge in [-0.2, -0.15) is 0 Å². The van der Waals surface area contributed by atoms with Gasteiger partial charge in [-0.1, -0.05) is 46.8 Å². The summed E-state index contributed by atoms with van der Waals surface area (Å²) in [4.78, 5) is 0.